The van der Waals surface area contributed by atoms with Crippen LogP contribution in [0, 0.1) is 10.1 Å². The first-order chi connectivity index (χ1) is 12.3. The molecule has 0 unspecified atom stereocenters. The number of halogens is 1. The van der Waals surface area contributed by atoms with Crippen molar-refractivity contribution in [1.29, 1.82) is 0 Å². The summed E-state index contributed by atoms with van der Waals surface area (Å²) in [5, 5.41) is 14.1. The van der Waals surface area contributed by atoms with E-state index in [9.17, 15) is 19.7 Å². The third-order valence-corrected chi connectivity index (χ3v) is 4.36. The highest BCUT2D eigenvalue weighted by atomic mass is 35.5. The van der Waals surface area contributed by atoms with E-state index in [2.05, 4.69) is 10.3 Å². The number of benzene rings is 1. The molecule has 2 amide bonds. The monoisotopic (exact) mass is 391 g/mol. The Morgan fingerprint density at radius 2 is 2.15 bits per heavy atom. The highest BCUT2D eigenvalue weighted by molar-refractivity contribution is 8.18. The number of aliphatic imine (C=N–C) groups is 1. The lowest BCUT2D eigenvalue weighted by atomic mass is 10.1. The third-order valence-electron chi connectivity index (χ3n) is 3.23. The molecule has 8 nitrogen and oxygen atoms in total. The molecule has 10 heteroatoms. The minimum absolute atomic E-state index is 0.186. The molecule has 2 heterocycles. The molecular weight excluding hydrogens is 382 g/mol. The van der Waals surface area contributed by atoms with E-state index in [0.717, 1.165) is 11.8 Å². The highest BCUT2D eigenvalue weighted by Crippen LogP contribution is 2.34. The zero-order valence-corrected chi connectivity index (χ0v) is 14.8. The van der Waals surface area contributed by atoms with Gasteiger partial charge in [-0.05, 0) is 36.0 Å². The Hall–Kier alpha value is -2.91. The summed E-state index contributed by atoms with van der Waals surface area (Å²) in [7, 11) is 0. The Morgan fingerprint density at radius 3 is 2.85 bits per heavy atom. The normalized spacial score (nSPS) is 15.2. The van der Waals surface area contributed by atoms with Crippen LogP contribution >= 0.6 is 23.4 Å². The maximum Gasteiger partial charge on any atom is 0.286 e. The minimum atomic E-state index is -0.550. The minimum Gasteiger partial charge on any atom is -0.456 e. The molecule has 3 rings (SSSR count). The van der Waals surface area contributed by atoms with Gasteiger partial charge in [0.25, 0.3) is 11.6 Å². The molecule has 0 spiro atoms. The first-order valence-electron chi connectivity index (χ1n) is 7.18. The Labute approximate surface area is 156 Å². The molecule has 1 aromatic carbocycles. The van der Waals surface area contributed by atoms with E-state index in [1.165, 1.54) is 31.2 Å². The van der Waals surface area contributed by atoms with E-state index < -0.39 is 10.8 Å². The second-order valence-electron chi connectivity index (χ2n) is 5.13. The molecule has 1 aliphatic rings. The standard InChI is InChI=1S/C16H10ClN3O5S/c1-8(21)18-16-19-15(22)14(26-16)7-10-3-5-13(25-10)11-4-2-9(17)6-12(11)20(23)24/h2-7H,1H3,(H,18,19,21,22)/b14-7-. The van der Waals surface area contributed by atoms with Gasteiger partial charge in [0.2, 0.25) is 5.91 Å². The third kappa shape index (κ3) is 3.84. The van der Waals surface area contributed by atoms with Crippen molar-refractivity contribution in [3.63, 3.8) is 0 Å². The van der Waals surface area contributed by atoms with Gasteiger partial charge in [-0.3, -0.25) is 19.7 Å². The van der Waals surface area contributed by atoms with Crippen molar-refractivity contribution in [3.05, 3.63) is 56.1 Å². The summed E-state index contributed by atoms with van der Waals surface area (Å²) in [4.78, 5) is 37.5. The van der Waals surface area contributed by atoms with Crippen molar-refractivity contribution in [2.24, 2.45) is 4.99 Å². The number of hydrogen-bond acceptors (Lipinski definition) is 6. The van der Waals surface area contributed by atoms with Crippen LogP contribution in [0.2, 0.25) is 5.02 Å². The smallest absolute Gasteiger partial charge is 0.286 e. The molecule has 0 atom stereocenters. The van der Waals surface area contributed by atoms with E-state index in [-0.39, 0.29) is 38.0 Å². The number of carbonyl (C=O) groups is 2. The fourth-order valence-electron chi connectivity index (χ4n) is 2.18. The zero-order chi connectivity index (χ0) is 18.8. The van der Waals surface area contributed by atoms with Gasteiger partial charge in [0.05, 0.1) is 15.4 Å². The van der Waals surface area contributed by atoms with Gasteiger partial charge in [0.15, 0.2) is 5.17 Å². The van der Waals surface area contributed by atoms with E-state index in [1.807, 2.05) is 0 Å². The van der Waals surface area contributed by atoms with Crippen molar-refractivity contribution >= 4 is 52.1 Å². The van der Waals surface area contributed by atoms with Crippen molar-refractivity contribution in [1.82, 2.24) is 5.32 Å². The van der Waals surface area contributed by atoms with Crippen LogP contribution in [0.3, 0.4) is 0 Å². The second kappa shape index (κ2) is 7.14. The molecule has 2 aromatic rings. The van der Waals surface area contributed by atoms with Gasteiger partial charge in [-0.25, -0.2) is 0 Å². The van der Waals surface area contributed by atoms with Crippen LogP contribution in [-0.2, 0) is 9.59 Å². The number of thioether (sulfide) groups is 1. The molecule has 26 heavy (non-hydrogen) atoms. The first kappa shape index (κ1) is 17.9. The van der Waals surface area contributed by atoms with E-state index >= 15 is 0 Å². The van der Waals surface area contributed by atoms with Crippen LogP contribution in [0.5, 0.6) is 0 Å². The molecule has 0 aliphatic carbocycles. The van der Waals surface area contributed by atoms with Crippen molar-refractivity contribution in [3.8, 4) is 11.3 Å². The summed E-state index contributed by atoms with van der Waals surface area (Å²) in [6.07, 6.45) is 1.45. The summed E-state index contributed by atoms with van der Waals surface area (Å²) in [5.41, 5.74) is 0.0817. The topological polar surface area (TPSA) is 115 Å². The number of nitro groups is 1. The van der Waals surface area contributed by atoms with E-state index in [0.29, 0.717) is 5.76 Å². The Balaban J connectivity index is 1.87. The summed E-state index contributed by atoms with van der Waals surface area (Å²) in [6, 6.07) is 7.38. The summed E-state index contributed by atoms with van der Waals surface area (Å²) in [6.45, 7) is 1.31. The molecular formula is C16H10ClN3O5S. The van der Waals surface area contributed by atoms with Gasteiger partial charge in [-0.2, -0.15) is 4.99 Å². The van der Waals surface area contributed by atoms with Gasteiger partial charge in [-0.1, -0.05) is 11.6 Å². The molecule has 1 N–H and O–H groups in total. The van der Waals surface area contributed by atoms with Crippen LogP contribution in [0.4, 0.5) is 5.69 Å². The number of amides is 2. The quantitative estimate of drug-likeness (QED) is 0.485. The molecule has 0 bridgehead atoms. The van der Waals surface area contributed by atoms with Crippen LogP contribution in [0.25, 0.3) is 17.4 Å². The average Bonchev–Trinajstić information content (AvgIpc) is 3.14. The number of nitrogens with zero attached hydrogens (tertiary/aromatic N) is 2. The van der Waals surface area contributed by atoms with Crippen molar-refractivity contribution < 1.29 is 18.9 Å². The molecule has 1 aliphatic heterocycles. The van der Waals surface area contributed by atoms with Crippen LogP contribution in [-0.4, -0.2) is 21.9 Å². The summed E-state index contributed by atoms with van der Waals surface area (Å²) < 4.78 is 5.60. The van der Waals surface area contributed by atoms with Gasteiger partial charge in [0, 0.05) is 24.1 Å². The van der Waals surface area contributed by atoms with Gasteiger partial charge in [-0.15, -0.1) is 0 Å². The fraction of sp³-hybridized carbons (Fsp3) is 0.0625. The largest absolute Gasteiger partial charge is 0.456 e. The lowest BCUT2D eigenvalue weighted by Crippen LogP contribution is -2.23. The van der Waals surface area contributed by atoms with Crippen molar-refractivity contribution in [2.75, 3.05) is 0 Å². The predicted molar refractivity (Wildman–Crippen MR) is 97.6 cm³/mol. The van der Waals surface area contributed by atoms with Crippen LogP contribution in [0.15, 0.2) is 44.6 Å². The number of nitro benzene ring substituents is 1. The average molecular weight is 392 g/mol. The van der Waals surface area contributed by atoms with E-state index in [4.69, 9.17) is 16.0 Å². The maximum absolute atomic E-state index is 11.9. The lowest BCUT2D eigenvalue weighted by molar-refractivity contribution is -0.384. The van der Waals surface area contributed by atoms with Gasteiger partial charge in [0.1, 0.15) is 11.5 Å². The lowest BCUT2D eigenvalue weighted by Gasteiger charge is -2.00. The highest BCUT2D eigenvalue weighted by Gasteiger charge is 2.24. The van der Waals surface area contributed by atoms with Crippen molar-refractivity contribution in [2.45, 2.75) is 6.92 Å². The Bertz CT molecular complexity index is 996. The number of furan rings is 1. The van der Waals surface area contributed by atoms with Gasteiger partial charge < -0.3 is 9.73 Å². The molecule has 0 saturated carbocycles. The number of nitrogens with one attached hydrogen (secondary N) is 1. The van der Waals surface area contributed by atoms with Gasteiger partial charge >= 0.3 is 0 Å². The number of amidine groups is 1. The van der Waals surface area contributed by atoms with Crippen LogP contribution in [0.1, 0.15) is 12.7 Å². The van der Waals surface area contributed by atoms with Crippen LogP contribution < -0.4 is 5.32 Å². The number of carbonyl (C=O) groups excluding carboxylic acids is 2. The zero-order valence-electron chi connectivity index (χ0n) is 13.2. The second-order valence-corrected chi connectivity index (χ2v) is 6.60. The molecule has 0 fully saturated rings. The Kier molecular flexibility index (Phi) is 4.92. The first-order valence-corrected chi connectivity index (χ1v) is 8.37. The summed E-state index contributed by atoms with van der Waals surface area (Å²) >= 11 is 6.81. The van der Waals surface area contributed by atoms with E-state index in [1.54, 1.807) is 12.1 Å². The SMILES string of the molecule is CC(=O)NC1=NC(=O)/C(=C/c2ccc(-c3ccc(Cl)cc3[N+](=O)[O-])o2)S1. The molecule has 1 aromatic heterocycles. The fourth-order valence-corrected chi connectivity index (χ4v) is 3.19. The Morgan fingerprint density at radius 1 is 1.38 bits per heavy atom. The number of hydrogen-bond donors (Lipinski definition) is 1. The molecule has 0 saturated heterocycles. The summed E-state index contributed by atoms with van der Waals surface area (Å²) in [5.74, 6) is -0.257. The predicted octanol–water partition coefficient (Wildman–Crippen LogP) is 3.61. The molecule has 132 valence electrons. The maximum atomic E-state index is 11.9. The molecule has 0 radical (unpaired) electrons. The number of rotatable bonds is 3.